The van der Waals surface area contributed by atoms with Gasteiger partial charge in [0, 0.05) is 26.9 Å². The van der Waals surface area contributed by atoms with Crippen LogP contribution in [0.15, 0.2) is 24.3 Å². The monoisotopic (exact) mass is 232 g/mol. The second-order valence-corrected chi connectivity index (χ2v) is 4.25. The number of likely N-dealkylation sites (N-methyl/N-ethyl adjacent to an activating group) is 1. The minimum Gasteiger partial charge on any atom is -0.357 e. The Bertz CT molecular complexity index is 456. The van der Waals surface area contributed by atoms with Crippen LogP contribution in [0.5, 0.6) is 0 Å². The summed E-state index contributed by atoms with van der Waals surface area (Å²) in [6.07, 6.45) is 0.593. The Balaban J connectivity index is 2.34. The number of rotatable bonds is 1. The molecular formula is C13H16N2O2. The Labute approximate surface area is 101 Å². The number of hydrogen-bond donors (Lipinski definition) is 1. The molecule has 0 fully saturated rings. The summed E-state index contributed by atoms with van der Waals surface area (Å²) in [4.78, 5) is 25.0. The van der Waals surface area contributed by atoms with Crippen molar-refractivity contribution in [1.29, 1.82) is 0 Å². The van der Waals surface area contributed by atoms with E-state index < -0.39 is 0 Å². The fourth-order valence-corrected chi connectivity index (χ4v) is 2.25. The molecule has 1 aliphatic heterocycles. The molecule has 0 aliphatic carbocycles. The van der Waals surface area contributed by atoms with Gasteiger partial charge in [-0.3, -0.25) is 9.59 Å². The van der Waals surface area contributed by atoms with Crippen LogP contribution in [-0.2, 0) is 22.6 Å². The fourth-order valence-electron chi connectivity index (χ4n) is 2.25. The first-order chi connectivity index (χ1) is 8.13. The maximum Gasteiger partial charge on any atom is 0.242 e. The summed E-state index contributed by atoms with van der Waals surface area (Å²) in [6.45, 7) is 2.02. The van der Waals surface area contributed by atoms with Crippen molar-refractivity contribution in [1.82, 2.24) is 10.2 Å². The molecule has 2 amide bonds. The third kappa shape index (κ3) is 2.16. The predicted octanol–water partition coefficient (Wildman–Crippen LogP) is 0.706. The maximum atomic E-state index is 11.8. The molecule has 1 aromatic carbocycles. The highest BCUT2D eigenvalue weighted by Gasteiger charge is 2.32. The molecule has 2 rings (SSSR count). The Morgan fingerprint density at radius 3 is 2.53 bits per heavy atom. The number of nitrogens with one attached hydrogen (secondary N) is 1. The third-order valence-electron chi connectivity index (χ3n) is 3.20. The quantitative estimate of drug-likeness (QED) is 0.775. The van der Waals surface area contributed by atoms with Gasteiger partial charge in [0.05, 0.1) is 0 Å². The van der Waals surface area contributed by atoms with Crippen LogP contribution in [0.1, 0.15) is 18.1 Å². The van der Waals surface area contributed by atoms with Crippen LogP contribution >= 0.6 is 0 Å². The number of benzene rings is 1. The van der Waals surface area contributed by atoms with E-state index in [9.17, 15) is 9.59 Å². The molecule has 17 heavy (non-hydrogen) atoms. The van der Waals surface area contributed by atoms with Gasteiger partial charge in [-0.1, -0.05) is 24.3 Å². The van der Waals surface area contributed by atoms with Gasteiger partial charge >= 0.3 is 0 Å². The Hall–Kier alpha value is -1.84. The third-order valence-corrected chi connectivity index (χ3v) is 3.20. The number of nitrogens with zero attached hydrogens (tertiary/aromatic N) is 1. The van der Waals surface area contributed by atoms with Crippen LogP contribution in [0, 0.1) is 0 Å². The molecule has 0 aromatic heterocycles. The zero-order valence-electron chi connectivity index (χ0n) is 10.1. The van der Waals surface area contributed by atoms with Gasteiger partial charge in [-0.25, -0.2) is 0 Å². The fraction of sp³-hybridized carbons (Fsp3) is 0.385. The van der Waals surface area contributed by atoms with Crippen molar-refractivity contribution in [3.8, 4) is 0 Å². The lowest BCUT2D eigenvalue weighted by molar-refractivity contribution is -0.140. The zero-order valence-corrected chi connectivity index (χ0v) is 10.1. The average molecular weight is 232 g/mol. The number of hydrogen-bond acceptors (Lipinski definition) is 2. The van der Waals surface area contributed by atoms with E-state index in [1.54, 1.807) is 11.9 Å². The van der Waals surface area contributed by atoms with E-state index in [4.69, 9.17) is 0 Å². The average Bonchev–Trinajstić information content (AvgIpc) is 2.36. The second-order valence-electron chi connectivity index (χ2n) is 4.25. The summed E-state index contributed by atoms with van der Waals surface area (Å²) in [5.41, 5.74) is 2.28. The van der Waals surface area contributed by atoms with Crippen LogP contribution in [0.2, 0.25) is 0 Å². The molecule has 4 nitrogen and oxygen atoms in total. The van der Waals surface area contributed by atoms with Crippen molar-refractivity contribution in [3.63, 3.8) is 0 Å². The van der Waals surface area contributed by atoms with E-state index in [1.165, 1.54) is 6.92 Å². The molecule has 1 aromatic rings. The minimum atomic E-state index is -0.382. The molecular weight excluding hydrogens is 216 g/mol. The van der Waals surface area contributed by atoms with Crippen molar-refractivity contribution in [3.05, 3.63) is 35.4 Å². The van der Waals surface area contributed by atoms with Gasteiger partial charge in [0.25, 0.3) is 0 Å². The molecule has 1 atom stereocenters. The number of carbonyl (C=O) groups is 2. The van der Waals surface area contributed by atoms with E-state index in [0.717, 1.165) is 11.1 Å². The van der Waals surface area contributed by atoms with Crippen molar-refractivity contribution in [2.75, 3.05) is 7.05 Å². The summed E-state index contributed by atoms with van der Waals surface area (Å²) < 4.78 is 0. The van der Waals surface area contributed by atoms with Gasteiger partial charge in [-0.2, -0.15) is 0 Å². The normalized spacial score (nSPS) is 18.5. The molecule has 1 unspecified atom stereocenters. The summed E-state index contributed by atoms with van der Waals surface area (Å²) >= 11 is 0. The van der Waals surface area contributed by atoms with Gasteiger partial charge in [-0.05, 0) is 11.1 Å². The van der Waals surface area contributed by atoms with Crippen LogP contribution in [0.25, 0.3) is 0 Å². The number of carbonyl (C=O) groups excluding carboxylic acids is 2. The summed E-state index contributed by atoms with van der Waals surface area (Å²) in [6, 6.07) is 7.56. The van der Waals surface area contributed by atoms with Crippen LogP contribution in [-0.4, -0.2) is 29.8 Å². The predicted molar refractivity (Wildman–Crippen MR) is 64.2 cm³/mol. The highest BCUT2D eigenvalue weighted by atomic mass is 16.2. The standard InChI is InChI=1S/C13H16N2O2/c1-9(16)15-8-11-6-4-3-5-10(11)7-12(15)13(17)14-2/h3-6,12H,7-8H2,1-2H3,(H,14,17). The SMILES string of the molecule is CNC(=O)C1Cc2ccccc2CN1C(C)=O. The van der Waals surface area contributed by atoms with Crippen molar-refractivity contribution in [2.24, 2.45) is 0 Å². The van der Waals surface area contributed by atoms with E-state index in [-0.39, 0.29) is 17.9 Å². The molecule has 1 aliphatic rings. The lowest BCUT2D eigenvalue weighted by Gasteiger charge is -2.35. The van der Waals surface area contributed by atoms with E-state index in [2.05, 4.69) is 5.32 Å². The molecule has 1 N–H and O–H groups in total. The van der Waals surface area contributed by atoms with Crippen LogP contribution in [0.4, 0.5) is 0 Å². The first-order valence-electron chi connectivity index (χ1n) is 5.69. The first-order valence-corrected chi connectivity index (χ1v) is 5.69. The second kappa shape index (κ2) is 4.57. The molecule has 0 saturated carbocycles. The van der Waals surface area contributed by atoms with Crippen LogP contribution in [0.3, 0.4) is 0 Å². The summed E-state index contributed by atoms with van der Waals surface area (Å²) in [5.74, 6) is -0.164. The van der Waals surface area contributed by atoms with Crippen molar-refractivity contribution in [2.45, 2.75) is 25.9 Å². The molecule has 4 heteroatoms. The molecule has 1 heterocycles. The van der Waals surface area contributed by atoms with E-state index >= 15 is 0 Å². The minimum absolute atomic E-state index is 0.0619. The maximum absolute atomic E-state index is 11.8. The Morgan fingerprint density at radius 2 is 1.94 bits per heavy atom. The van der Waals surface area contributed by atoms with Gasteiger partial charge in [0.15, 0.2) is 0 Å². The number of amides is 2. The topological polar surface area (TPSA) is 49.4 Å². The van der Waals surface area contributed by atoms with Crippen molar-refractivity contribution >= 4 is 11.8 Å². The Morgan fingerprint density at radius 1 is 1.29 bits per heavy atom. The van der Waals surface area contributed by atoms with Crippen molar-refractivity contribution < 1.29 is 9.59 Å². The molecule has 0 saturated heterocycles. The number of fused-ring (bicyclic) bond motifs is 1. The van der Waals surface area contributed by atoms with E-state index in [1.807, 2.05) is 24.3 Å². The largest absolute Gasteiger partial charge is 0.357 e. The first kappa shape index (κ1) is 11.6. The Kier molecular flexibility index (Phi) is 3.13. The molecule has 0 spiro atoms. The van der Waals surface area contributed by atoms with Gasteiger partial charge in [0.2, 0.25) is 11.8 Å². The van der Waals surface area contributed by atoms with E-state index in [0.29, 0.717) is 13.0 Å². The zero-order chi connectivity index (χ0) is 12.4. The highest BCUT2D eigenvalue weighted by molar-refractivity contribution is 5.87. The van der Waals surface area contributed by atoms with Gasteiger partial charge < -0.3 is 10.2 Å². The van der Waals surface area contributed by atoms with Crippen LogP contribution < -0.4 is 5.32 Å². The van der Waals surface area contributed by atoms with Gasteiger partial charge in [0.1, 0.15) is 6.04 Å². The lowest BCUT2D eigenvalue weighted by atomic mass is 9.93. The highest BCUT2D eigenvalue weighted by Crippen LogP contribution is 2.23. The summed E-state index contributed by atoms with van der Waals surface area (Å²) in [5, 5.41) is 2.62. The summed E-state index contributed by atoms with van der Waals surface area (Å²) in [7, 11) is 1.60. The molecule has 0 bridgehead atoms. The lowest BCUT2D eigenvalue weighted by Crippen LogP contribution is -2.51. The molecule has 90 valence electrons. The molecule has 0 radical (unpaired) electrons. The van der Waals surface area contributed by atoms with Gasteiger partial charge in [-0.15, -0.1) is 0 Å². The smallest absolute Gasteiger partial charge is 0.242 e.